The lowest BCUT2D eigenvalue weighted by Crippen LogP contribution is -2.33. The smallest absolute Gasteiger partial charge is 0.410 e. The van der Waals surface area contributed by atoms with Gasteiger partial charge in [0.2, 0.25) is 0 Å². The van der Waals surface area contributed by atoms with Crippen molar-refractivity contribution in [2.24, 2.45) is 0 Å². The molecule has 0 fully saturated rings. The number of amides is 1. The number of benzene rings is 2. The number of hydrogen-bond acceptors (Lipinski definition) is 3. The predicted octanol–water partition coefficient (Wildman–Crippen LogP) is 3.44. The van der Waals surface area contributed by atoms with E-state index in [9.17, 15) is 14.0 Å². The van der Waals surface area contributed by atoms with E-state index < -0.39 is 12.1 Å². The van der Waals surface area contributed by atoms with Gasteiger partial charge in [-0.25, -0.2) is 9.18 Å². The fourth-order valence-electron chi connectivity index (χ4n) is 2.09. The van der Waals surface area contributed by atoms with Gasteiger partial charge in [-0.2, -0.15) is 0 Å². The molecule has 0 unspecified atom stereocenters. The Morgan fingerprint density at radius 3 is 2.29 bits per heavy atom. The number of nitrogens with zero attached hydrogens (tertiary/aromatic N) is 1. The van der Waals surface area contributed by atoms with E-state index in [1.807, 2.05) is 30.3 Å². The summed E-state index contributed by atoms with van der Waals surface area (Å²) in [6.07, 6.45) is -0.800. The van der Waals surface area contributed by atoms with Crippen LogP contribution in [0.15, 0.2) is 54.6 Å². The minimum Gasteiger partial charge on any atom is -0.481 e. The molecule has 0 heterocycles. The standard InChI is InChI=1S/C18H18FNO4/c19-16-8-6-14(7-9-16)12-20(11-10-17(21)22)18(23)24-13-15-4-2-1-3-5-15/h1-9H,10-13H2,(H,21,22). The lowest BCUT2D eigenvalue weighted by atomic mass is 10.2. The summed E-state index contributed by atoms with van der Waals surface area (Å²) in [5.41, 5.74) is 1.53. The molecular formula is C18H18FNO4. The number of carboxylic acids is 1. The first kappa shape index (κ1) is 17.5. The number of aliphatic carboxylic acids is 1. The average molecular weight is 331 g/mol. The lowest BCUT2D eigenvalue weighted by Gasteiger charge is -2.21. The van der Waals surface area contributed by atoms with Crippen molar-refractivity contribution in [3.05, 3.63) is 71.5 Å². The highest BCUT2D eigenvalue weighted by atomic mass is 19.1. The summed E-state index contributed by atoms with van der Waals surface area (Å²) < 4.78 is 18.2. The molecule has 0 aromatic heterocycles. The van der Waals surface area contributed by atoms with E-state index in [4.69, 9.17) is 9.84 Å². The number of carbonyl (C=O) groups excluding carboxylic acids is 1. The maximum Gasteiger partial charge on any atom is 0.410 e. The predicted molar refractivity (Wildman–Crippen MR) is 85.7 cm³/mol. The molecule has 6 heteroatoms. The molecule has 0 aliphatic carbocycles. The first-order valence-corrected chi connectivity index (χ1v) is 7.46. The highest BCUT2D eigenvalue weighted by Gasteiger charge is 2.17. The van der Waals surface area contributed by atoms with E-state index in [0.717, 1.165) is 5.56 Å². The normalized spacial score (nSPS) is 10.2. The van der Waals surface area contributed by atoms with Crippen molar-refractivity contribution in [3.8, 4) is 0 Å². The van der Waals surface area contributed by atoms with Gasteiger partial charge in [-0.3, -0.25) is 4.79 Å². The van der Waals surface area contributed by atoms with E-state index in [0.29, 0.717) is 5.56 Å². The molecule has 0 atom stereocenters. The monoisotopic (exact) mass is 331 g/mol. The topological polar surface area (TPSA) is 66.8 Å². The van der Waals surface area contributed by atoms with Crippen LogP contribution >= 0.6 is 0 Å². The second-order valence-corrected chi connectivity index (χ2v) is 5.23. The van der Waals surface area contributed by atoms with Gasteiger partial charge in [0.1, 0.15) is 12.4 Å². The molecule has 0 saturated carbocycles. The molecule has 2 aromatic carbocycles. The largest absolute Gasteiger partial charge is 0.481 e. The summed E-state index contributed by atoms with van der Waals surface area (Å²) in [6.45, 7) is 0.272. The molecule has 1 amide bonds. The Kier molecular flexibility index (Phi) is 6.31. The van der Waals surface area contributed by atoms with E-state index in [-0.39, 0.29) is 31.9 Å². The Morgan fingerprint density at radius 2 is 1.67 bits per heavy atom. The van der Waals surface area contributed by atoms with E-state index in [2.05, 4.69) is 0 Å². The Labute approximate surface area is 139 Å². The van der Waals surface area contributed by atoms with Crippen LogP contribution in [0.1, 0.15) is 17.5 Å². The highest BCUT2D eigenvalue weighted by molar-refractivity contribution is 5.70. The van der Waals surface area contributed by atoms with Gasteiger partial charge in [-0.1, -0.05) is 42.5 Å². The fourth-order valence-corrected chi connectivity index (χ4v) is 2.09. The molecule has 1 N–H and O–H groups in total. The number of hydrogen-bond donors (Lipinski definition) is 1. The SMILES string of the molecule is O=C(O)CCN(Cc1ccc(F)cc1)C(=O)OCc1ccccc1. The summed E-state index contributed by atoms with van der Waals surface area (Å²) in [6, 6.07) is 14.9. The van der Waals surface area contributed by atoms with Crippen LogP contribution in [0.5, 0.6) is 0 Å². The van der Waals surface area contributed by atoms with Crippen LogP contribution in [-0.4, -0.2) is 28.6 Å². The zero-order valence-corrected chi connectivity index (χ0v) is 13.0. The van der Waals surface area contributed by atoms with Gasteiger partial charge >= 0.3 is 12.1 Å². The van der Waals surface area contributed by atoms with Crippen LogP contribution in [0.4, 0.5) is 9.18 Å². The van der Waals surface area contributed by atoms with Crippen molar-refractivity contribution in [2.45, 2.75) is 19.6 Å². The lowest BCUT2D eigenvalue weighted by molar-refractivity contribution is -0.137. The van der Waals surface area contributed by atoms with Crippen LogP contribution in [0.25, 0.3) is 0 Å². The maximum atomic E-state index is 13.0. The van der Waals surface area contributed by atoms with Crippen molar-refractivity contribution >= 4 is 12.1 Å². The van der Waals surface area contributed by atoms with Crippen LogP contribution < -0.4 is 0 Å². The zero-order valence-electron chi connectivity index (χ0n) is 13.0. The fraction of sp³-hybridized carbons (Fsp3) is 0.222. The van der Waals surface area contributed by atoms with Crippen LogP contribution in [0, 0.1) is 5.82 Å². The molecule has 0 bridgehead atoms. The third-order valence-electron chi connectivity index (χ3n) is 3.35. The van der Waals surface area contributed by atoms with E-state index in [1.165, 1.54) is 17.0 Å². The number of carboxylic acid groups (broad SMARTS) is 1. The van der Waals surface area contributed by atoms with Crippen molar-refractivity contribution in [3.63, 3.8) is 0 Å². The summed E-state index contributed by atoms with van der Waals surface area (Å²) in [4.78, 5) is 24.3. The Bertz CT molecular complexity index is 673. The summed E-state index contributed by atoms with van der Waals surface area (Å²) in [5.74, 6) is -1.38. The molecule has 2 rings (SSSR count). The first-order chi connectivity index (χ1) is 11.5. The third-order valence-corrected chi connectivity index (χ3v) is 3.35. The molecule has 0 spiro atoms. The molecule has 0 aliphatic rings. The molecule has 2 aromatic rings. The van der Waals surface area contributed by atoms with Gasteiger partial charge < -0.3 is 14.7 Å². The molecule has 126 valence electrons. The molecule has 0 radical (unpaired) electrons. The van der Waals surface area contributed by atoms with Gasteiger partial charge in [0.05, 0.1) is 6.42 Å². The molecule has 5 nitrogen and oxygen atoms in total. The number of halogens is 1. The van der Waals surface area contributed by atoms with Gasteiger partial charge in [0.15, 0.2) is 0 Å². The summed E-state index contributed by atoms with van der Waals surface area (Å²) in [7, 11) is 0. The van der Waals surface area contributed by atoms with E-state index >= 15 is 0 Å². The highest BCUT2D eigenvalue weighted by Crippen LogP contribution is 2.10. The van der Waals surface area contributed by atoms with Crippen molar-refractivity contribution in [1.29, 1.82) is 0 Å². The van der Waals surface area contributed by atoms with Crippen LogP contribution in [0.3, 0.4) is 0 Å². The summed E-state index contributed by atoms with van der Waals surface area (Å²) >= 11 is 0. The van der Waals surface area contributed by atoms with Gasteiger partial charge in [0.25, 0.3) is 0 Å². The third kappa shape index (κ3) is 5.72. The van der Waals surface area contributed by atoms with Crippen molar-refractivity contribution < 1.29 is 23.8 Å². The Hall–Kier alpha value is -2.89. The number of rotatable bonds is 7. The second-order valence-electron chi connectivity index (χ2n) is 5.23. The van der Waals surface area contributed by atoms with Crippen LogP contribution in [-0.2, 0) is 22.7 Å². The Balaban J connectivity index is 1.99. The molecule has 0 aliphatic heterocycles. The molecule has 0 saturated heterocycles. The van der Waals surface area contributed by atoms with Crippen LogP contribution in [0.2, 0.25) is 0 Å². The first-order valence-electron chi connectivity index (χ1n) is 7.46. The molecular weight excluding hydrogens is 313 g/mol. The molecule has 24 heavy (non-hydrogen) atoms. The van der Waals surface area contributed by atoms with Crippen molar-refractivity contribution in [1.82, 2.24) is 4.90 Å². The second kappa shape index (κ2) is 8.67. The minimum absolute atomic E-state index is 0.0142. The number of carbonyl (C=O) groups is 2. The summed E-state index contributed by atoms with van der Waals surface area (Å²) in [5, 5.41) is 8.83. The zero-order chi connectivity index (χ0) is 17.4. The maximum absolute atomic E-state index is 13.0. The van der Waals surface area contributed by atoms with Crippen molar-refractivity contribution in [2.75, 3.05) is 6.54 Å². The quantitative estimate of drug-likeness (QED) is 0.844. The van der Waals surface area contributed by atoms with Gasteiger partial charge in [-0.15, -0.1) is 0 Å². The minimum atomic E-state index is -1.00. The van der Waals surface area contributed by atoms with Gasteiger partial charge in [0, 0.05) is 13.1 Å². The van der Waals surface area contributed by atoms with Gasteiger partial charge in [-0.05, 0) is 23.3 Å². The Morgan fingerprint density at radius 1 is 1.00 bits per heavy atom. The average Bonchev–Trinajstić information content (AvgIpc) is 2.59. The number of ether oxygens (including phenoxy) is 1. The van der Waals surface area contributed by atoms with E-state index in [1.54, 1.807) is 12.1 Å².